The molecule has 92 valence electrons. The van der Waals surface area contributed by atoms with Gasteiger partial charge in [0.1, 0.15) is 5.01 Å². The second kappa shape index (κ2) is 3.64. The summed E-state index contributed by atoms with van der Waals surface area (Å²) in [6.07, 6.45) is 4.72. The van der Waals surface area contributed by atoms with Crippen molar-refractivity contribution in [3.8, 4) is 0 Å². The minimum Gasteiger partial charge on any atom is -0.476 e. The largest absolute Gasteiger partial charge is 0.476 e. The Kier molecular flexibility index (Phi) is 2.20. The summed E-state index contributed by atoms with van der Waals surface area (Å²) in [5.41, 5.74) is 2.18. The Balaban J connectivity index is 2.03. The van der Waals surface area contributed by atoms with Gasteiger partial charge in [-0.15, -0.1) is 11.3 Å². The third-order valence-electron chi connectivity index (χ3n) is 2.69. The zero-order valence-corrected chi connectivity index (χ0v) is 10.2. The van der Waals surface area contributed by atoms with Crippen LogP contribution >= 0.6 is 11.3 Å². The topological polar surface area (TPSA) is 90.2 Å². The lowest BCUT2D eigenvalue weighted by Gasteiger charge is -2.31. The first-order chi connectivity index (χ1) is 8.61. The number of aromatic nitrogens is 1. The van der Waals surface area contributed by atoms with E-state index < -0.39 is 11.6 Å². The Labute approximate surface area is 106 Å². The van der Waals surface area contributed by atoms with E-state index >= 15 is 0 Å². The first-order valence-electron chi connectivity index (χ1n) is 5.16. The lowest BCUT2D eigenvalue weighted by molar-refractivity contribution is -0.129. The summed E-state index contributed by atoms with van der Waals surface area (Å²) in [6.45, 7) is 1.85. The normalized spacial score (nSPS) is 25.3. The molecular formula is C10H9N5O2S. The summed E-state index contributed by atoms with van der Waals surface area (Å²) in [4.78, 5) is 15.2. The van der Waals surface area contributed by atoms with Gasteiger partial charge in [-0.05, 0) is 19.1 Å². The predicted octanol–water partition coefficient (Wildman–Crippen LogP) is 0.545. The van der Waals surface area contributed by atoms with E-state index in [1.165, 1.54) is 22.4 Å². The molecule has 1 aromatic heterocycles. The van der Waals surface area contributed by atoms with Gasteiger partial charge in [0, 0.05) is 11.6 Å². The number of hydrogen-bond donors (Lipinski definition) is 2. The highest BCUT2D eigenvalue weighted by atomic mass is 32.1. The molecule has 0 spiro atoms. The molecule has 3 heterocycles. The van der Waals surface area contributed by atoms with Crippen LogP contribution in [0.2, 0.25) is 0 Å². The monoisotopic (exact) mass is 263 g/mol. The number of nitrogens with one attached hydrogen (secondary N) is 1. The molecule has 0 radical (unpaired) electrons. The number of aliphatic carboxylic acids is 1. The molecule has 2 N–H and O–H groups in total. The smallest absolute Gasteiger partial charge is 0.356 e. The summed E-state index contributed by atoms with van der Waals surface area (Å²) in [5, 5.41) is 21.4. The van der Waals surface area contributed by atoms with Crippen LogP contribution in [0.4, 0.5) is 0 Å². The fourth-order valence-electron chi connectivity index (χ4n) is 1.76. The molecule has 2 aliphatic heterocycles. The van der Waals surface area contributed by atoms with Crippen LogP contribution < -0.4 is 5.43 Å². The Morgan fingerprint density at radius 3 is 3.06 bits per heavy atom. The average molecular weight is 263 g/mol. The first kappa shape index (κ1) is 10.9. The Hall–Kier alpha value is -2.22. The number of nitrogens with zero attached hydrogens (tertiary/aromatic N) is 4. The van der Waals surface area contributed by atoms with E-state index in [1.807, 2.05) is 12.3 Å². The van der Waals surface area contributed by atoms with E-state index in [9.17, 15) is 4.79 Å². The molecule has 0 saturated heterocycles. The van der Waals surface area contributed by atoms with Crippen molar-refractivity contribution in [3.63, 3.8) is 0 Å². The minimum absolute atomic E-state index is 0.0274. The Bertz CT molecular complexity index is 591. The van der Waals surface area contributed by atoms with Crippen LogP contribution in [0.15, 0.2) is 33.9 Å². The average Bonchev–Trinajstić information content (AvgIpc) is 2.98. The van der Waals surface area contributed by atoms with Crippen LogP contribution in [0.25, 0.3) is 0 Å². The van der Waals surface area contributed by atoms with Crippen LogP contribution in [0.3, 0.4) is 0 Å². The van der Waals surface area contributed by atoms with Gasteiger partial charge in [0.2, 0.25) is 0 Å². The van der Waals surface area contributed by atoms with Crippen molar-refractivity contribution in [1.29, 1.82) is 0 Å². The lowest BCUT2D eigenvalue weighted by Crippen LogP contribution is -2.47. The van der Waals surface area contributed by atoms with Crippen molar-refractivity contribution in [2.45, 2.75) is 12.6 Å². The summed E-state index contributed by atoms with van der Waals surface area (Å²) < 4.78 is 0. The standard InChI is InChI=1S/C10H9N5O2S/c1-10(9-11-4-5-18-9)14-12-7-3-2-6(8(16)17)13-15(7)10/h2-5,14H,1H3,(H,16,17). The summed E-state index contributed by atoms with van der Waals surface area (Å²) in [7, 11) is 0. The minimum atomic E-state index is -1.07. The number of fused-ring (bicyclic) bond motifs is 1. The molecule has 8 heteroatoms. The number of carboxylic acid groups (broad SMARTS) is 1. The van der Waals surface area contributed by atoms with Crippen molar-refractivity contribution in [2.75, 3.05) is 0 Å². The molecule has 1 aromatic rings. The molecular weight excluding hydrogens is 254 g/mol. The predicted molar refractivity (Wildman–Crippen MR) is 66.1 cm³/mol. The molecule has 0 aromatic carbocycles. The van der Waals surface area contributed by atoms with Crippen LogP contribution in [0.1, 0.15) is 11.9 Å². The number of hydrazone groups is 2. The van der Waals surface area contributed by atoms with Crippen molar-refractivity contribution in [3.05, 3.63) is 28.7 Å². The second-order valence-electron chi connectivity index (χ2n) is 3.93. The van der Waals surface area contributed by atoms with Crippen molar-refractivity contribution >= 4 is 28.9 Å². The molecule has 1 unspecified atom stereocenters. The van der Waals surface area contributed by atoms with Gasteiger partial charge in [-0.25, -0.2) is 14.8 Å². The summed E-state index contributed by atoms with van der Waals surface area (Å²) >= 11 is 1.45. The third kappa shape index (κ3) is 1.42. The van der Waals surface area contributed by atoms with Crippen molar-refractivity contribution in [2.24, 2.45) is 10.2 Å². The van der Waals surface area contributed by atoms with Gasteiger partial charge in [-0.2, -0.15) is 10.2 Å². The lowest BCUT2D eigenvalue weighted by atomic mass is 10.2. The SMILES string of the molecule is CC1(c2nccs2)NN=C2C=CC(C(=O)O)=NN21. The molecule has 0 aliphatic carbocycles. The zero-order chi connectivity index (χ0) is 12.8. The molecule has 0 saturated carbocycles. The number of hydrogen-bond acceptors (Lipinski definition) is 7. The molecule has 0 amide bonds. The summed E-state index contributed by atoms with van der Waals surface area (Å²) in [6, 6.07) is 0. The van der Waals surface area contributed by atoms with E-state index in [0.29, 0.717) is 5.84 Å². The third-order valence-corrected chi connectivity index (χ3v) is 3.68. The fraction of sp³-hybridized carbons (Fsp3) is 0.200. The van der Waals surface area contributed by atoms with Crippen LogP contribution in [-0.4, -0.2) is 32.6 Å². The van der Waals surface area contributed by atoms with E-state index in [0.717, 1.165) is 5.01 Å². The molecule has 0 bridgehead atoms. The maximum atomic E-state index is 11.0. The Morgan fingerprint density at radius 1 is 1.56 bits per heavy atom. The van der Waals surface area contributed by atoms with Gasteiger partial charge in [0.25, 0.3) is 0 Å². The maximum absolute atomic E-state index is 11.0. The first-order valence-corrected chi connectivity index (χ1v) is 6.04. The zero-order valence-electron chi connectivity index (χ0n) is 9.36. The number of carboxylic acids is 1. The van der Waals surface area contributed by atoms with Gasteiger partial charge in [-0.1, -0.05) is 0 Å². The van der Waals surface area contributed by atoms with E-state index in [-0.39, 0.29) is 5.71 Å². The molecule has 18 heavy (non-hydrogen) atoms. The number of amidine groups is 1. The van der Waals surface area contributed by atoms with Crippen molar-refractivity contribution < 1.29 is 9.90 Å². The van der Waals surface area contributed by atoms with Gasteiger partial charge in [0.15, 0.2) is 17.2 Å². The molecule has 1 atom stereocenters. The maximum Gasteiger partial charge on any atom is 0.356 e. The molecule has 7 nitrogen and oxygen atoms in total. The molecule has 2 aliphatic rings. The highest BCUT2D eigenvalue weighted by molar-refractivity contribution is 7.09. The van der Waals surface area contributed by atoms with E-state index in [2.05, 4.69) is 20.6 Å². The van der Waals surface area contributed by atoms with Crippen LogP contribution in [-0.2, 0) is 10.5 Å². The fourth-order valence-corrected chi connectivity index (χ4v) is 2.49. The number of rotatable bonds is 2. The Morgan fingerprint density at radius 2 is 2.39 bits per heavy atom. The van der Waals surface area contributed by atoms with E-state index in [1.54, 1.807) is 12.3 Å². The quantitative estimate of drug-likeness (QED) is 0.813. The van der Waals surface area contributed by atoms with Crippen LogP contribution in [0.5, 0.6) is 0 Å². The second-order valence-corrected chi connectivity index (χ2v) is 4.82. The molecule has 3 rings (SSSR count). The van der Waals surface area contributed by atoms with Gasteiger partial charge in [0.05, 0.1) is 0 Å². The summed E-state index contributed by atoms with van der Waals surface area (Å²) in [5.74, 6) is -0.503. The van der Waals surface area contributed by atoms with Crippen LogP contribution in [0, 0.1) is 0 Å². The number of thiazole rings is 1. The number of carbonyl (C=O) groups is 1. The highest BCUT2D eigenvalue weighted by Gasteiger charge is 2.44. The molecule has 0 fully saturated rings. The van der Waals surface area contributed by atoms with Gasteiger partial charge < -0.3 is 5.11 Å². The highest BCUT2D eigenvalue weighted by Crippen LogP contribution is 2.32. The van der Waals surface area contributed by atoms with E-state index in [4.69, 9.17) is 5.11 Å². The van der Waals surface area contributed by atoms with Gasteiger partial charge >= 0.3 is 5.97 Å². The van der Waals surface area contributed by atoms with Crippen molar-refractivity contribution in [1.82, 2.24) is 15.4 Å². The van der Waals surface area contributed by atoms with Gasteiger partial charge in [-0.3, -0.25) is 5.43 Å².